The van der Waals surface area contributed by atoms with E-state index in [1.54, 1.807) is 19.1 Å². The molecular weight excluding hydrogens is 474 g/mol. The molecule has 1 unspecified atom stereocenters. The number of pyridine rings is 1. The van der Waals surface area contributed by atoms with Gasteiger partial charge >= 0.3 is 0 Å². The first-order valence-electron chi connectivity index (χ1n) is 12.7. The Bertz CT molecular complexity index is 1250. The molecule has 2 aromatic rings. The lowest BCUT2D eigenvalue weighted by molar-refractivity contribution is -0.916. The van der Waals surface area contributed by atoms with Crippen molar-refractivity contribution in [1.82, 2.24) is 5.32 Å². The van der Waals surface area contributed by atoms with Crippen LogP contribution < -0.4 is 9.88 Å². The number of quaternary nitrogens is 1. The number of hydrogen-bond donors (Lipinski definition) is 2. The van der Waals surface area contributed by atoms with Gasteiger partial charge in [-0.1, -0.05) is 32.1 Å². The third kappa shape index (κ3) is 6.94. The molecule has 7 nitrogen and oxygen atoms in total. The minimum Gasteiger partial charge on any atom is -0.451 e. The number of nitrogens with zero attached hydrogens (tertiary/aromatic N) is 2. The number of aliphatic hydroxyl groups is 1. The Labute approximate surface area is 216 Å². The van der Waals surface area contributed by atoms with Crippen molar-refractivity contribution in [3.8, 4) is 0 Å². The van der Waals surface area contributed by atoms with Crippen molar-refractivity contribution in [3.63, 3.8) is 0 Å². The first kappa shape index (κ1) is 28.3. The zero-order valence-electron chi connectivity index (χ0n) is 22.6. The van der Waals surface area contributed by atoms with Gasteiger partial charge in [-0.3, -0.25) is 5.32 Å². The van der Waals surface area contributed by atoms with Crippen LogP contribution in [0.5, 0.6) is 0 Å². The summed E-state index contributed by atoms with van der Waals surface area (Å²) in [6.45, 7) is 15.2. The van der Waals surface area contributed by atoms with E-state index in [0.717, 1.165) is 35.1 Å². The minimum absolute atomic E-state index is 0.303. The van der Waals surface area contributed by atoms with Crippen LogP contribution in [0.3, 0.4) is 0 Å². The van der Waals surface area contributed by atoms with Crippen LogP contribution in [0.2, 0.25) is 0 Å². The number of fused-ring (bicyclic) bond motifs is 1. The van der Waals surface area contributed by atoms with Crippen LogP contribution in [0.4, 0.5) is 0 Å². The summed E-state index contributed by atoms with van der Waals surface area (Å²) in [5.41, 5.74) is 2.14. The van der Waals surface area contributed by atoms with Gasteiger partial charge < -0.3 is 14.0 Å². The van der Waals surface area contributed by atoms with Crippen molar-refractivity contribution in [2.24, 2.45) is 13.0 Å². The van der Waals surface area contributed by atoms with Crippen LogP contribution in [0.1, 0.15) is 52.5 Å². The van der Waals surface area contributed by atoms with Crippen LogP contribution in [0.15, 0.2) is 63.7 Å². The zero-order valence-corrected chi connectivity index (χ0v) is 23.4. The van der Waals surface area contributed by atoms with Crippen LogP contribution in [0, 0.1) is 5.92 Å². The summed E-state index contributed by atoms with van der Waals surface area (Å²) < 4.78 is 35.6. The standard InChI is InChI=1S/C28H43N3O4S/c1-20(2)19-31(7)14-11-24(12-15-31)36(33,34)27(21(3)4)9-8-22(5)17-29-28(32)25-16-23-10-13-30(6)18-26(23)35-25/h8-10,13,16,18,20,24,28-29,32H,3,11-12,14-15,17,19H2,1-2,4-7H3/q+2. The maximum absolute atomic E-state index is 13.5. The Morgan fingerprint density at radius 1 is 1.31 bits per heavy atom. The van der Waals surface area contributed by atoms with Gasteiger partial charge in [-0.25, -0.2) is 13.0 Å². The summed E-state index contributed by atoms with van der Waals surface area (Å²) in [5, 5.41) is 14.1. The van der Waals surface area contributed by atoms with E-state index in [1.807, 2.05) is 43.1 Å². The average Bonchev–Trinajstić information content (AvgIpc) is 3.20. The normalized spacial score (nSPS) is 22.8. The number of likely N-dealkylation sites (tertiary alicyclic amines) is 1. The SMILES string of the molecule is C=C(C)C(=CC=C(C)CNC(O)c1cc2cc[n+](C)cc2o1)S(=O)(=O)C1CC[N+](C)(CC(C)C)CC1. The molecule has 1 aliphatic heterocycles. The van der Waals surface area contributed by atoms with Gasteiger partial charge in [0.1, 0.15) is 12.8 Å². The van der Waals surface area contributed by atoms with Crippen molar-refractivity contribution >= 4 is 20.8 Å². The largest absolute Gasteiger partial charge is 0.451 e. The van der Waals surface area contributed by atoms with Crippen molar-refractivity contribution in [1.29, 1.82) is 0 Å². The van der Waals surface area contributed by atoms with Gasteiger partial charge in [0.2, 0.25) is 6.20 Å². The molecule has 8 heteroatoms. The Kier molecular flexibility index (Phi) is 8.98. The lowest BCUT2D eigenvalue weighted by Gasteiger charge is -2.41. The number of rotatable bonds is 10. The smallest absolute Gasteiger partial charge is 0.212 e. The highest BCUT2D eigenvalue weighted by Crippen LogP contribution is 2.30. The van der Waals surface area contributed by atoms with Gasteiger partial charge in [-0.2, -0.15) is 0 Å². The third-order valence-corrected chi connectivity index (χ3v) is 9.38. The van der Waals surface area contributed by atoms with Crippen LogP contribution >= 0.6 is 0 Å². The Morgan fingerprint density at radius 3 is 2.58 bits per heavy atom. The molecule has 36 heavy (non-hydrogen) atoms. The van der Waals surface area contributed by atoms with Crippen molar-refractivity contribution in [3.05, 3.63) is 65.1 Å². The Balaban J connectivity index is 1.66. The highest BCUT2D eigenvalue weighted by atomic mass is 32.2. The summed E-state index contributed by atoms with van der Waals surface area (Å²) in [4.78, 5) is 0.303. The topological polar surface area (TPSA) is 83.4 Å². The summed E-state index contributed by atoms with van der Waals surface area (Å²) >= 11 is 0. The Morgan fingerprint density at radius 2 is 1.97 bits per heavy atom. The minimum atomic E-state index is -3.47. The molecule has 0 bridgehead atoms. The summed E-state index contributed by atoms with van der Waals surface area (Å²) in [7, 11) is 0.675. The summed E-state index contributed by atoms with van der Waals surface area (Å²) in [5.74, 6) is 1.02. The fraction of sp³-hybridized carbons (Fsp3) is 0.536. The highest BCUT2D eigenvalue weighted by Gasteiger charge is 2.38. The number of furan rings is 1. The Hall–Kier alpha value is -2.26. The molecule has 3 rings (SSSR count). The molecule has 198 valence electrons. The number of aliphatic hydroxyl groups excluding tert-OH is 1. The molecule has 1 aliphatic rings. The van der Waals surface area contributed by atoms with E-state index in [1.165, 1.54) is 0 Å². The van der Waals surface area contributed by atoms with Gasteiger partial charge in [-0.15, -0.1) is 0 Å². The molecule has 0 spiro atoms. The van der Waals surface area contributed by atoms with E-state index in [4.69, 9.17) is 4.42 Å². The molecule has 0 aliphatic carbocycles. The maximum Gasteiger partial charge on any atom is 0.212 e. The predicted octanol–water partition coefficient (Wildman–Crippen LogP) is 3.92. The lowest BCUT2D eigenvalue weighted by Crippen LogP contribution is -2.53. The second kappa shape index (κ2) is 11.4. The molecule has 0 saturated carbocycles. The first-order chi connectivity index (χ1) is 16.8. The zero-order chi connectivity index (χ0) is 26.7. The molecule has 2 aromatic heterocycles. The highest BCUT2D eigenvalue weighted by molar-refractivity contribution is 7.96. The lowest BCUT2D eigenvalue weighted by atomic mass is 10.1. The van der Waals surface area contributed by atoms with E-state index in [-0.39, 0.29) is 5.25 Å². The molecule has 2 N–H and O–H groups in total. The van der Waals surface area contributed by atoms with Crippen LogP contribution in [-0.4, -0.2) is 56.5 Å². The second-order valence-corrected chi connectivity index (χ2v) is 13.3. The quantitative estimate of drug-likeness (QED) is 0.216. The van der Waals surface area contributed by atoms with Crippen LogP contribution in [-0.2, 0) is 16.9 Å². The van der Waals surface area contributed by atoms with E-state index in [0.29, 0.717) is 47.1 Å². The average molecular weight is 518 g/mol. The number of nitrogens with one attached hydrogen (secondary N) is 1. The van der Waals surface area contributed by atoms with E-state index >= 15 is 0 Å². The molecular formula is C28H43N3O4S+2. The molecule has 1 atom stereocenters. The number of sulfone groups is 1. The summed E-state index contributed by atoms with van der Waals surface area (Å²) in [6, 6.07) is 3.74. The van der Waals surface area contributed by atoms with Gasteiger partial charge in [0, 0.05) is 36.8 Å². The fourth-order valence-electron chi connectivity index (χ4n) is 5.07. The third-order valence-electron chi connectivity index (χ3n) is 6.94. The number of aromatic nitrogens is 1. The van der Waals surface area contributed by atoms with E-state index < -0.39 is 16.1 Å². The van der Waals surface area contributed by atoms with Gasteiger partial charge in [0.25, 0.3) is 0 Å². The van der Waals surface area contributed by atoms with Crippen molar-refractivity contribution in [2.75, 3.05) is 33.2 Å². The number of allylic oxidation sites excluding steroid dienone is 3. The van der Waals surface area contributed by atoms with Crippen molar-refractivity contribution < 1.29 is 27.0 Å². The summed E-state index contributed by atoms with van der Waals surface area (Å²) in [6.07, 6.45) is 7.60. The van der Waals surface area contributed by atoms with Crippen molar-refractivity contribution in [2.45, 2.75) is 52.0 Å². The molecule has 0 radical (unpaired) electrons. The van der Waals surface area contributed by atoms with Gasteiger partial charge in [0.05, 0.1) is 36.8 Å². The number of hydrogen-bond acceptors (Lipinski definition) is 5. The van der Waals surface area contributed by atoms with E-state index in [2.05, 4.69) is 32.8 Å². The monoisotopic (exact) mass is 517 g/mol. The number of aryl methyl sites for hydroxylation is 1. The molecule has 1 saturated heterocycles. The number of piperidine rings is 1. The fourth-order valence-corrected chi connectivity index (χ4v) is 7.00. The molecule has 0 amide bonds. The van der Waals surface area contributed by atoms with Gasteiger partial charge in [-0.05, 0) is 31.6 Å². The molecule has 1 fully saturated rings. The van der Waals surface area contributed by atoms with E-state index in [9.17, 15) is 13.5 Å². The molecule has 3 heterocycles. The molecule has 0 aromatic carbocycles. The van der Waals surface area contributed by atoms with Crippen LogP contribution in [0.25, 0.3) is 11.0 Å². The maximum atomic E-state index is 13.5. The second-order valence-electron chi connectivity index (χ2n) is 11.1. The van der Waals surface area contributed by atoms with Gasteiger partial charge in [0.15, 0.2) is 27.8 Å². The first-order valence-corrected chi connectivity index (χ1v) is 14.3. The predicted molar refractivity (Wildman–Crippen MR) is 145 cm³/mol.